The number of likely N-dealkylation sites (N-methyl/N-ethyl adjacent to an activating group) is 1. The van der Waals surface area contributed by atoms with E-state index in [1.807, 2.05) is 72.0 Å². The van der Waals surface area contributed by atoms with Crippen LogP contribution < -0.4 is 10.6 Å². The van der Waals surface area contributed by atoms with E-state index in [2.05, 4.69) is 20.5 Å². The molecule has 1 unspecified atom stereocenters. The van der Waals surface area contributed by atoms with Crippen molar-refractivity contribution in [2.75, 3.05) is 20.6 Å². The molecule has 0 aliphatic carbocycles. The predicted octanol–water partition coefficient (Wildman–Crippen LogP) is 5.36. The van der Waals surface area contributed by atoms with E-state index in [-0.39, 0.29) is 54.0 Å². The zero-order valence-corrected chi connectivity index (χ0v) is 32.0. The quantitative estimate of drug-likeness (QED) is 0.176. The summed E-state index contributed by atoms with van der Waals surface area (Å²) in [5.74, 6) is -2.72. The van der Waals surface area contributed by atoms with Gasteiger partial charge in [-0.25, -0.2) is 4.98 Å². The molecular formula is C38H57N5O6S. The van der Waals surface area contributed by atoms with Gasteiger partial charge >= 0.3 is 5.97 Å². The van der Waals surface area contributed by atoms with E-state index < -0.39 is 41.3 Å². The molecule has 1 aromatic heterocycles. The molecule has 3 amide bonds. The minimum atomic E-state index is -0.933. The fourth-order valence-corrected chi connectivity index (χ4v) is 7.56. The second-order valence-electron chi connectivity index (χ2n) is 14.7. The van der Waals surface area contributed by atoms with Gasteiger partial charge in [-0.2, -0.15) is 0 Å². The van der Waals surface area contributed by atoms with Gasteiger partial charge in [0.15, 0.2) is 5.78 Å². The Hall–Kier alpha value is -3.64. The third-order valence-corrected chi connectivity index (χ3v) is 11.6. The van der Waals surface area contributed by atoms with Crippen LogP contribution in [0.3, 0.4) is 0 Å². The number of likely N-dealkylation sites (tertiary alicyclic amines) is 1. The summed E-state index contributed by atoms with van der Waals surface area (Å²) >= 11 is 1.25. The minimum absolute atomic E-state index is 0.00562. The summed E-state index contributed by atoms with van der Waals surface area (Å²) in [7, 11) is 3.72. The van der Waals surface area contributed by atoms with Gasteiger partial charge in [-0.1, -0.05) is 71.4 Å². The topological polar surface area (TPSA) is 149 Å². The van der Waals surface area contributed by atoms with Gasteiger partial charge in [-0.15, -0.1) is 11.3 Å². The first-order valence-corrected chi connectivity index (χ1v) is 18.7. The molecule has 1 aliphatic heterocycles. The van der Waals surface area contributed by atoms with Crippen LogP contribution in [-0.2, 0) is 25.6 Å². The first-order chi connectivity index (χ1) is 23.5. The van der Waals surface area contributed by atoms with Crippen LogP contribution in [0.25, 0.3) is 0 Å². The number of hydrogen-bond acceptors (Lipinski definition) is 8. The number of Topliss-reactive ketones (excluding diaryl/α,β-unsaturated/α-hetero) is 1. The number of nitrogens with one attached hydrogen (secondary N) is 2. The molecule has 11 nitrogen and oxygen atoms in total. The van der Waals surface area contributed by atoms with Crippen molar-refractivity contribution in [3.8, 4) is 0 Å². The number of nitrogens with zero attached hydrogens (tertiary/aromatic N) is 3. The van der Waals surface area contributed by atoms with Gasteiger partial charge in [0.2, 0.25) is 11.8 Å². The molecule has 2 heterocycles. The number of amides is 3. The highest BCUT2D eigenvalue weighted by atomic mass is 32.1. The Labute approximate surface area is 301 Å². The van der Waals surface area contributed by atoms with Crippen LogP contribution in [0.4, 0.5) is 0 Å². The number of benzene rings is 1. The van der Waals surface area contributed by atoms with Crippen LogP contribution >= 0.6 is 11.3 Å². The molecule has 1 aliphatic rings. The van der Waals surface area contributed by atoms with Gasteiger partial charge in [0.1, 0.15) is 10.7 Å². The number of rotatable bonds is 19. The minimum Gasteiger partial charge on any atom is -0.481 e. The molecule has 12 heteroatoms. The van der Waals surface area contributed by atoms with Crippen LogP contribution in [0.5, 0.6) is 0 Å². The van der Waals surface area contributed by atoms with Crippen LogP contribution in [0.2, 0.25) is 0 Å². The Morgan fingerprint density at radius 3 is 2.24 bits per heavy atom. The summed E-state index contributed by atoms with van der Waals surface area (Å²) in [4.78, 5) is 73.6. The molecule has 0 spiro atoms. The molecule has 3 N–H and O–H groups in total. The highest BCUT2D eigenvalue weighted by Crippen LogP contribution is 2.35. The molecule has 0 saturated carbocycles. The van der Waals surface area contributed by atoms with E-state index in [9.17, 15) is 29.1 Å². The van der Waals surface area contributed by atoms with Gasteiger partial charge in [0.25, 0.3) is 5.91 Å². The standard InChI is InChI=1S/C38H57N5O6S/c1-10-24(4)29(20-33(45)38(7)16-17-42(38)8)36(47)43(9)32(23(2)3)21-30(39-26(6)44)35-41-31(22-50-35)34(46)40-28(18-25(5)37(48)49)19-27-14-12-11-13-15-27/h11-15,22-25,28-30,32H,10,16-21H2,1-9H3,(H,39,44)(H,40,46)(H,48,49)/t24-,25-,28+,29-,30+,32+,38?/m0/s1. The molecule has 0 bridgehead atoms. The SMILES string of the molecule is CC[C@H](C)[C@H](CC(=O)C1(C)CCN1C)C(=O)N(C)[C@H](C[C@@H](NC(C)=O)c1nc(C(=O)N[C@@H](Cc2ccccc2)C[C@H](C)C(=O)O)cs1)C(C)C. The van der Waals surface area contributed by atoms with Crippen molar-refractivity contribution in [1.82, 2.24) is 25.4 Å². The fourth-order valence-electron chi connectivity index (χ4n) is 6.70. The van der Waals surface area contributed by atoms with E-state index in [1.54, 1.807) is 24.3 Å². The molecule has 1 fully saturated rings. The van der Waals surface area contributed by atoms with Gasteiger partial charge in [0.05, 0.1) is 17.5 Å². The van der Waals surface area contributed by atoms with Gasteiger partial charge in [-0.3, -0.25) is 28.9 Å². The molecule has 1 aromatic carbocycles. The fraction of sp³-hybridized carbons (Fsp3) is 0.632. The van der Waals surface area contributed by atoms with Crippen molar-refractivity contribution in [1.29, 1.82) is 0 Å². The maximum absolute atomic E-state index is 14.2. The van der Waals surface area contributed by atoms with E-state index in [0.29, 0.717) is 17.8 Å². The Morgan fingerprint density at radius 1 is 1.06 bits per heavy atom. The van der Waals surface area contributed by atoms with Gasteiger partial charge < -0.3 is 20.6 Å². The zero-order valence-electron chi connectivity index (χ0n) is 31.2. The second-order valence-corrected chi connectivity index (χ2v) is 15.6. The zero-order chi connectivity index (χ0) is 37.3. The van der Waals surface area contributed by atoms with Crippen molar-refractivity contribution >= 4 is 40.8 Å². The number of aromatic nitrogens is 1. The maximum atomic E-state index is 14.2. The lowest BCUT2D eigenvalue weighted by Crippen LogP contribution is -2.61. The maximum Gasteiger partial charge on any atom is 0.306 e. The molecule has 7 atom stereocenters. The first-order valence-electron chi connectivity index (χ1n) is 17.8. The Kier molecular flexibility index (Phi) is 14.7. The van der Waals surface area contributed by atoms with Crippen molar-refractivity contribution in [2.45, 2.75) is 111 Å². The predicted molar refractivity (Wildman–Crippen MR) is 196 cm³/mol. The number of carboxylic acid groups (broad SMARTS) is 1. The second kappa shape index (κ2) is 18.0. The molecule has 2 aromatic rings. The van der Waals surface area contributed by atoms with E-state index in [0.717, 1.165) is 24.9 Å². The van der Waals surface area contributed by atoms with Gasteiger partial charge in [-0.05, 0) is 57.1 Å². The van der Waals surface area contributed by atoms with Crippen LogP contribution in [0, 0.1) is 23.7 Å². The van der Waals surface area contributed by atoms with Gasteiger partial charge in [0, 0.05) is 50.3 Å². The van der Waals surface area contributed by atoms with Crippen LogP contribution in [0.15, 0.2) is 35.7 Å². The smallest absolute Gasteiger partial charge is 0.306 e. The molecule has 276 valence electrons. The summed E-state index contributed by atoms with van der Waals surface area (Å²) in [6, 6.07) is 8.28. The number of carbonyl (C=O) groups is 5. The van der Waals surface area contributed by atoms with Crippen molar-refractivity contribution < 1.29 is 29.1 Å². The lowest BCUT2D eigenvalue weighted by atomic mass is 9.76. The van der Waals surface area contributed by atoms with Crippen molar-refractivity contribution in [3.05, 3.63) is 52.0 Å². The Balaban J connectivity index is 1.82. The summed E-state index contributed by atoms with van der Waals surface area (Å²) in [5.41, 5.74) is 0.614. The number of carbonyl (C=O) groups excluding carboxylic acids is 4. The Bertz CT molecular complexity index is 1480. The van der Waals surface area contributed by atoms with E-state index in [1.165, 1.54) is 18.3 Å². The summed E-state index contributed by atoms with van der Waals surface area (Å²) in [6.07, 6.45) is 2.80. The van der Waals surface area contributed by atoms with Crippen molar-refractivity contribution in [3.63, 3.8) is 0 Å². The molecule has 3 rings (SSSR count). The average Bonchev–Trinajstić information content (AvgIpc) is 3.57. The molecule has 1 saturated heterocycles. The van der Waals surface area contributed by atoms with Crippen molar-refractivity contribution in [2.24, 2.45) is 23.7 Å². The number of thiazole rings is 1. The largest absolute Gasteiger partial charge is 0.481 e. The summed E-state index contributed by atoms with van der Waals surface area (Å²) in [6.45, 7) is 14.0. The third-order valence-electron chi connectivity index (χ3n) is 10.7. The third kappa shape index (κ3) is 10.4. The highest BCUT2D eigenvalue weighted by Gasteiger charge is 2.46. The number of aliphatic carboxylic acids is 1. The number of ketones is 1. The highest BCUT2D eigenvalue weighted by molar-refractivity contribution is 7.09. The summed E-state index contributed by atoms with van der Waals surface area (Å²) in [5, 5.41) is 17.7. The van der Waals surface area contributed by atoms with E-state index in [4.69, 9.17) is 0 Å². The monoisotopic (exact) mass is 711 g/mol. The lowest BCUT2D eigenvalue weighted by molar-refractivity contribution is -0.146. The molecule has 50 heavy (non-hydrogen) atoms. The first kappa shape index (κ1) is 40.8. The Morgan fingerprint density at radius 2 is 1.72 bits per heavy atom. The summed E-state index contributed by atoms with van der Waals surface area (Å²) < 4.78 is 0. The molecular weight excluding hydrogens is 655 g/mol. The van der Waals surface area contributed by atoms with Crippen LogP contribution in [0.1, 0.15) is 108 Å². The molecule has 0 radical (unpaired) electrons. The number of hydrogen-bond donors (Lipinski definition) is 3. The lowest BCUT2D eigenvalue weighted by Gasteiger charge is -2.48. The average molecular weight is 712 g/mol. The van der Waals surface area contributed by atoms with E-state index >= 15 is 0 Å². The number of carboxylic acids is 1. The van der Waals surface area contributed by atoms with Crippen LogP contribution in [-0.4, -0.2) is 87.6 Å². The normalized spacial score (nSPS) is 19.7.